The van der Waals surface area contributed by atoms with Crippen LogP contribution in [0.1, 0.15) is 12.5 Å². The van der Waals surface area contributed by atoms with Crippen LogP contribution in [0.5, 0.6) is 11.5 Å². The lowest BCUT2D eigenvalue weighted by Gasteiger charge is -2.25. The molecule has 8 nitrogen and oxygen atoms in total. The highest BCUT2D eigenvalue weighted by atomic mass is 35.5. The Kier molecular flexibility index (Phi) is 7.18. The van der Waals surface area contributed by atoms with Gasteiger partial charge in [0, 0.05) is 22.8 Å². The van der Waals surface area contributed by atoms with Gasteiger partial charge < -0.3 is 26.0 Å². The molecule has 0 saturated heterocycles. The second kappa shape index (κ2) is 10.2. The van der Waals surface area contributed by atoms with Crippen LogP contribution in [0.2, 0.25) is 5.02 Å². The van der Waals surface area contributed by atoms with Crippen molar-refractivity contribution in [2.75, 3.05) is 27.5 Å². The number of anilines is 4. The second-order valence-electron chi connectivity index (χ2n) is 7.62. The van der Waals surface area contributed by atoms with Crippen molar-refractivity contribution in [1.29, 1.82) is 0 Å². The molecule has 1 unspecified atom stereocenters. The quantitative estimate of drug-likeness (QED) is 0.271. The molecule has 188 valence electrons. The Bertz CT molecular complexity index is 1340. The summed E-state index contributed by atoms with van der Waals surface area (Å²) in [4.78, 5) is 29.1. The topological polar surface area (TPSA) is 104 Å². The average molecular weight is 538 g/mol. The Morgan fingerprint density at radius 2 is 1.94 bits per heavy atom. The summed E-state index contributed by atoms with van der Waals surface area (Å²) >= 11 is 6.96. The van der Waals surface area contributed by atoms with Crippen LogP contribution in [0, 0.1) is 0 Å². The molecule has 2 aromatic carbocycles. The summed E-state index contributed by atoms with van der Waals surface area (Å²) in [5.74, 6) is 1.04. The summed E-state index contributed by atoms with van der Waals surface area (Å²) in [6, 6.07) is 8.48. The molecular weight excluding hydrogens is 519 g/mol. The summed E-state index contributed by atoms with van der Waals surface area (Å²) in [5, 5.41) is 10.3. The fraction of sp³-hybridized carbons (Fsp3) is 0.174. The molecule has 0 saturated carbocycles. The molecule has 2 heterocycles. The van der Waals surface area contributed by atoms with E-state index in [9.17, 15) is 22.8 Å². The number of benzene rings is 2. The molecule has 4 N–H and O–H groups in total. The lowest BCUT2D eigenvalue weighted by atomic mass is 10.2. The number of hydrogen-bond acceptors (Lipinski definition) is 6. The normalized spacial score (nSPS) is 14.8. The van der Waals surface area contributed by atoms with E-state index in [2.05, 4.69) is 26.3 Å². The zero-order valence-corrected chi connectivity index (χ0v) is 20.4. The molecule has 0 spiro atoms. The van der Waals surface area contributed by atoms with E-state index in [1.165, 1.54) is 24.0 Å². The van der Waals surface area contributed by atoms with Crippen LogP contribution in [0.15, 0.2) is 53.6 Å². The van der Waals surface area contributed by atoms with E-state index in [0.29, 0.717) is 33.6 Å². The minimum atomic E-state index is -4.65. The number of carbonyl (C=O) groups excluding carboxylic acids is 2. The maximum absolute atomic E-state index is 13.1. The van der Waals surface area contributed by atoms with E-state index in [1.807, 2.05) is 0 Å². The summed E-state index contributed by atoms with van der Waals surface area (Å²) in [5.41, 5.74) is -0.146. The third kappa shape index (κ3) is 5.60. The standard InChI is InChI=1S/C23H19ClF3N5O3S/c1-11-21(33)32-20-19(29-11)17(7-8-28-20)35-13-4-6-16(18(10-13)36-2)31-22(34)30-12-3-5-15(24)14(9-12)23(25,26)27/h3-11,29H,1-2H3,(H,28,32,33)(H2,30,31,34). The molecular formula is C23H19ClF3N5O3S. The molecule has 1 atom stereocenters. The first-order chi connectivity index (χ1) is 17.0. The smallest absolute Gasteiger partial charge is 0.417 e. The lowest BCUT2D eigenvalue weighted by Crippen LogP contribution is -2.36. The first-order valence-corrected chi connectivity index (χ1v) is 12.0. The monoisotopic (exact) mass is 537 g/mol. The number of halogens is 4. The van der Waals surface area contributed by atoms with Crippen molar-refractivity contribution in [3.05, 3.63) is 59.2 Å². The van der Waals surface area contributed by atoms with Crippen molar-refractivity contribution in [3.8, 4) is 11.5 Å². The first kappa shape index (κ1) is 25.5. The highest BCUT2D eigenvalue weighted by molar-refractivity contribution is 7.98. The fourth-order valence-corrected chi connectivity index (χ4v) is 4.14. The van der Waals surface area contributed by atoms with Gasteiger partial charge in [-0.2, -0.15) is 13.2 Å². The molecule has 3 aromatic rings. The van der Waals surface area contributed by atoms with Crippen molar-refractivity contribution in [3.63, 3.8) is 0 Å². The van der Waals surface area contributed by atoms with Crippen molar-refractivity contribution in [2.24, 2.45) is 0 Å². The number of thioether (sulfide) groups is 1. The predicted molar refractivity (Wildman–Crippen MR) is 133 cm³/mol. The number of fused-ring (bicyclic) bond motifs is 1. The molecule has 0 fully saturated rings. The third-order valence-electron chi connectivity index (χ3n) is 5.09. The SMILES string of the molecule is CSc1cc(Oc2ccnc3c2NC(C)C(=O)N3)ccc1NC(=O)Nc1ccc(Cl)c(C(F)(F)F)c1. The van der Waals surface area contributed by atoms with Crippen molar-refractivity contribution in [2.45, 2.75) is 24.0 Å². The summed E-state index contributed by atoms with van der Waals surface area (Å²) in [6.45, 7) is 1.71. The molecule has 0 bridgehead atoms. The number of nitrogens with one attached hydrogen (secondary N) is 4. The first-order valence-electron chi connectivity index (χ1n) is 10.4. The maximum atomic E-state index is 13.1. The van der Waals surface area contributed by atoms with Crippen LogP contribution < -0.4 is 26.0 Å². The van der Waals surface area contributed by atoms with Crippen LogP contribution in [0.25, 0.3) is 0 Å². The highest BCUT2D eigenvalue weighted by Gasteiger charge is 2.33. The highest BCUT2D eigenvalue weighted by Crippen LogP contribution is 2.39. The van der Waals surface area contributed by atoms with Gasteiger partial charge in [-0.25, -0.2) is 9.78 Å². The maximum Gasteiger partial charge on any atom is 0.417 e. The Hall–Kier alpha value is -3.64. The van der Waals surface area contributed by atoms with Crippen LogP contribution in [-0.2, 0) is 11.0 Å². The van der Waals surface area contributed by atoms with E-state index in [1.54, 1.807) is 37.4 Å². The van der Waals surface area contributed by atoms with E-state index in [4.69, 9.17) is 16.3 Å². The summed E-state index contributed by atoms with van der Waals surface area (Å²) in [6.07, 6.45) is -1.35. The number of nitrogens with zero attached hydrogens (tertiary/aromatic N) is 1. The molecule has 13 heteroatoms. The largest absolute Gasteiger partial charge is 0.455 e. The Morgan fingerprint density at radius 1 is 1.17 bits per heavy atom. The molecule has 4 rings (SSSR count). The van der Waals surface area contributed by atoms with Crippen molar-refractivity contribution in [1.82, 2.24) is 4.98 Å². The number of rotatable bonds is 5. The van der Waals surface area contributed by atoms with Gasteiger partial charge in [-0.15, -0.1) is 11.8 Å². The Balaban J connectivity index is 1.49. The average Bonchev–Trinajstić information content (AvgIpc) is 2.81. The summed E-state index contributed by atoms with van der Waals surface area (Å²) in [7, 11) is 0. The Labute approximate surface area is 213 Å². The van der Waals surface area contributed by atoms with Crippen molar-refractivity contribution < 1.29 is 27.5 Å². The number of ether oxygens (including phenoxy) is 1. The number of aromatic nitrogens is 1. The van der Waals surface area contributed by atoms with Crippen LogP contribution in [0.4, 0.5) is 40.8 Å². The number of pyridine rings is 1. The zero-order chi connectivity index (χ0) is 26.0. The van der Waals surface area contributed by atoms with Gasteiger partial charge in [-0.05, 0) is 49.6 Å². The van der Waals surface area contributed by atoms with Gasteiger partial charge in [-0.1, -0.05) is 11.6 Å². The van der Waals surface area contributed by atoms with Crippen LogP contribution >= 0.6 is 23.4 Å². The zero-order valence-electron chi connectivity index (χ0n) is 18.8. The summed E-state index contributed by atoms with van der Waals surface area (Å²) < 4.78 is 45.2. The third-order valence-corrected chi connectivity index (χ3v) is 6.19. The number of amides is 3. The molecule has 1 aliphatic rings. The molecule has 36 heavy (non-hydrogen) atoms. The predicted octanol–water partition coefficient (Wildman–Crippen LogP) is 6.66. The Morgan fingerprint density at radius 3 is 2.67 bits per heavy atom. The number of hydrogen-bond donors (Lipinski definition) is 4. The lowest BCUT2D eigenvalue weighted by molar-refractivity contribution is -0.137. The van der Waals surface area contributed by atoms with Gasteiger partial charge >= 0.3 is 12.2 Å². The number of urea groups is 1. The van der Waals surface area contributed by atoms with Gasteiger partial charge in [0.1, 0.15) is 17.5 Å². The second-order valence-corrected chi connectivity index (χ2v) is 8.88. The van der Waals surface area contributed by atoms with Gasteiger partial charge in [0.15, 0.2) is 11.6 Å². The van der Waals surface area contributed by atoms with Gasteiger partial charge in [0.25, 0.3) is 0 Å². The molecule has 0 aliphatic carbocycles. The fourth-order valence-electron chi connectivity index (χ4n) is 3.34. The van der Waals surface area contributed by atoms with Crippen LogP contribution in [0.3, 0.4) is 0 Å². The van der Waals surface area contributed by atoms with E-state index in [0.717, 1.165) is 12.1 Å². The number of alkyl halides is 3. The van der Waals surface area contributed by atoms with Gasteiger partial charge in [0.2, 0.25) is 5.91 Å². The van der Waals surface area contributed by atoms with Gasteiger partial charge in [0.05, 0.1) is 16.3 Å². The molecule has 0 radical (unpaired) electrons. The van der Waals surface area contributed by atoms with Gasteiger partial charge in [-0.3, -0.25) is 4.79 Å². The van der Waals surface area contributed by atoms with E-state index in [-0.39, 0.29) is 11.6 Å². The van der Waals surface area contributed by atoms with Crippen molar-refractivity contribution >= 4 is 58.2 Å². The molecule has 3 amide bonds. The van der Waals surface area contributed by atoms with E-state index >= 15 is 0 Å². The molecule has 1 aromatic heterocycles. The number of carbonyl (C=O) groups is 2. The minimum Gasteiger partial charge on any atom is -0.455 e. The van der Waals surface area contributed by atoms with Crippen LogP contribution in [-0.4, -0.2) is 29.2 Å². The molecule has 1 aliphatic heterocycles. The van der Waals surface area contributed by atoms with E-state index < -0.39 is 28.8 Å². The minimum absolute atomic E-state index is 0.0637.